The minimum Gasteiger partial charge on any atom is -0.309 e. The lowest BCUT2D eigenvalue weighted by Gasteiger charge is -2.15. The van der Waals surface area contributed by atoms with Crippen LogP contribution < -0.4 is 0 Å². The second-order valence-electron chi connectivity index (χ2n) is 5.95. The molecule has 3 rings (SSSR count). The molecule has 0 bridgehead atoms. The highest BCUT2D eigenvalue weighted by molar-refractivity contribution is 7.99. The minimum absolute atomic E-state index is 1.04. The van der Waals surface area contributed by atoms with Crippen LogP contribution in [0.15, 0.2) is 59.6 Å². The second kappa shape index (κ2) is 7.16. The van der Waals surface area contributed by atoms with E-state index in [1.807, 2.05) is 11.8 Å². The summed E-state index contributed by atoms with van der Waals surface area (Å²) < 4.78 is 0. The summed E-state index contributed by atoms with van der Waals surface area (Å²) in [5.41, 5.74) is 4.91. The van der Waals surface area contributed by atoms with Crippen LogP contribution in [0, 0.1) is 6.92 Å². The minimum atomic E-state index is 1.04. The maximum absolute atomic E-state index is 4.95. The van der Waals surface area contributed by atoms with Crippen molar-refractivity contribution in [2.75, 3.05) is 26.4 Å². The number of aromatic nitrogens is 1. The monoisotopic (exact) mass is 322 g/mol. The highest BCUT2D eigenvalue weighted by Gasteiger charge is 2.14. The highest BCUT2D eigenvalue weighted by Crippen LogP contribution is 2.36. The molecule has 0 aliphatic carbocycles. The molecule has 23 heavy (non-hydrogen) atoms. The third kappa shape index (κ3) is 3.57. The molecule has 1 heterocycles. The van der Waals surface area contributed by atoms with Gasteiger partial charge in [-0.3, -0.25) is 0 Å². The number of hydrogen-bond acceptors (Lipinski definition) is 3. The van der Waals surface area contributed by atoms with E-state index in [1.165, 1.54) is 22.1 Å². The van der Waals surface area contributed by atoms with Crippen molar-refractivity contribution < 1.29 is 0 Å². The van der Waals surface area contributed by atoms with Crippen LogP contribution in [0.2, 0.25) is 0 Å². The lowest BCUT2D eigenvalue weighted by atomic mass is 9.99. The van der Waals surface area contributed by atoms with Gasteiger partial charge in [0.15, 0.2) is 0 Å². The van der Waals surface area contributed by atoms with E-state index in [0.717, 1.165) is 22.8 Å². The molecule has 118 valence electrons. The molecule has 0 saturated carbocycles. The molecule has 3 aromatic rings. The Morgan fingerprint density at radius 2 is 1.65 bits per heavy atom. The average Bonchev–Trinajstić information content (AvgIpc) is 2.55. The van der Waals surface area contributed by atoms with Gasteiger partial charge in [0.1, 0.15) is 5.03 Å². The molecule has 2 aromatic carbocycles. The van der Waals surface area contributed by atoms with Crippen molar-refractivity contribution in [1.82, 2.24) is 9.88 Å². The summed E-state index contributed by atoms with van der Waals surface area (Å²) >= 11 is 1.85. The fraction of sp³-hybridized carbons (Fsp3) is 0.250. The number of nitrogens with zero attached hydrogens (tertiary/aromatic N) is 2. The van der Waals surface area contributed by atoms with E-state index in [-0.39, 0.29) is 0 Å². The Morgan fingerprint density at radius 3 is 2.39 bits per heavy atom. The Labute approximate surface area is 142 Å². The van der Waals surface area contributed by atoms with Crippen molar-refractivity contribution in [2.24, 2.45) is 0 Å². The fourth-order valence-electron chi connectivity index (χ4n) is 2.72. The van der Waals surface area contributed by atoms with Crippen LogP contribution in [0.4, 0.5) is 0 Å². The van der Waals surface area contributed by atoms with Crippen LogP contribution in [0.25, 0.3) is 22.0 Å². The van der Waals surface area contributed by atoms with Crippen molar-refractivity contribution in [3.63, 3.8) is 0 Å². The number of hydrogen-bond donors (Lipinski definition) is 0. The summed E-state index contributed by atoms with van der Waals surface area (Å²) in [4.78, 5) is 7.17. The maximum Gasteiger partial charge on any atom is 0.105 e. The first kappa shape index (κ1) is 16.0. The molecule has 0 saturated heterocycles. The Hall–Kier alpha value is -1.84. The van der Waals surface area contributed by atoms with Gasteiger partial charge in [-0.25, -0.2) is 4.98 Å². The topological polar surface area (TPSA) is 16.1 Å². The summed E-state index contributed by atoms with van der Waals surface area (Å²) in [5, 5.41) is 2.37. The molecule has 2 nitrogen and oxygen atoms in total. The van der Waals surface area contributed by atoms with Crippen LogP contribution in [0.1, 0.15) is 5.56 Å². The highest BCUT2D eigenvalue weighted by atomic mass is 32.2. The first-order valence-corrected chi connectivity index (χ1v) is 8.87. The number of rotatable bonds is 5. The van der Waals surface area contributed by atoms with E-state index in [0.29, 0.717) is 0 Å². The summed E-state index contributed by atoms with van der Waals surface area (Å²) in [6.07, 6.45) is 0. The number of para-hydroxylation sites is 1. The molecule has 0 aliphatic rings. The van der Waals surface area contributed by atoms with Crippen molar-refractivity contribution in [2.45, 2.75) is 11.9 Å². The summed E-state index contributed by atoms with van der Waals surface area (Å²) in [5.74, 6) is 1.04. The van der Waals surface area contributed by atoms with Crippen LogP contribution in [-0.4, -0.2) is 36.3 Å². The van der Waals surface area contributed by atoms with Gasteiger partial charge in [0, 0.05) is 23.2 Å². The number of thioether (sulfide) groups is 1. The van der Waals surface area contributed by atoms with Gasteiger partial charge in [0.25, 0.3) is 0 Å². The van der Waals surface area contributed by atoms with E-state index in [2.05, 4.69) is 80.5 Å². The Kier molecular flexibility index (Phi) is 4.99. The molecule has 0 amide bonds. The van der Waals surface area contributed by atoms with Gasteiger partial charge in [-0.15, -0.1) is 11.8 Å². The largest absolute Gasteiger partial charge is 0.309 e. The van der Waals surface area contributed by atoms with E-state index >= 15 is 0 Å². The molecule has 3 heteroatoms. The van der Waals surface area contributed by atoms with Crippen molar-refractivity contribution in [1.29, 1.82) is 0 Å². The number of aryl methyl sites for hydroxylation is 1. The van der Waals surface area contributed by atoms with Gasteiger partial charge >= 0.3 is 0 Å². The normalized spacial score (nSPS) is 11.3. The van der Waals surface area contributed by atoms with Crippen molar-refractivity contribution in [3.05, 3.63) is 60.2 Å². The number of benzene rings is 2. The Balaban J connectivity index is 2.11. The summed E-state index contributed by atoms with van der Waals surface area (Å²) in [6, 6.07) is 19.0. The molecular weight excluding hydrogens is 300 g/mol. The van der Waals surface area contributed by atoms with Crippen LogP contribution >= 0.6 is 11.8 Å². The zero-order valence-electron chi connectivity index (χ0n) is 13.9. The maximum atomic E-state index is 4.95. The van der Waals surface area contributed by atoms with Gasteiger partial charge in [-0.05, 0) is 38.2 Å². The SMILES string of the molecule is Cc1c(-c2ccccc2)c(SCCN(C)C)nc2ccccc12. The van der Waals surface area contributed by atoms with Gasteiger partial charge in [-0.1, -0.05) is 48.5 Å². The molecule has 0 spiro atoms. The van der Waals surface area contributed by atoms with Gasteiger partial charge in [0.05, 0.1) is 5.52 Å². The van der Waals surface area contributed by atoms with Crippen LogP contribution in [0.3, 0.4) is 0 Å². The van der Waals surface area contributed by atoms with Crippen LogP contribution in [0.5, 0.6) is 0 Å². The zero-order valence-corrected chi connectivity index (χ0v) is 14.7. The lowest BCUT2D eigenvalue weighted by Crippen LogP contribution is -2.14. The second-order valence-corrected chi connectivity index (χ2v) is 7.04. The van der Waals surface area contributed by atoms with Crippen molar-refractivity contribution >= 4 is 22.7 Å². The molecule has 0 aliphatic heterocycles. The zero-order chi connectivity index (χ0) is 16.2. The van der Waals surface area contributed by atoms with Crippen molar-refractivity contribution in [3.8, 4) is 11.1 Å². The lowest BCUT2D eigenvalue weighted by molar-refractivity contribution is 0.437. The van der Waals surface area contributed by atoms with E-state index in [4.69, 9.17) is 4.98 Å². The molecule has 0 radical (unpaired) electrons. The fourth-order valence-corrected chi connectivity index (χ4v) is 3.95. The first-order valence-electron chi connectivity index (χ1n) is 7.89. The molecule has 1 aromatic heterocycles. The molecular formula is C20H22N2S. The van der Waals surface area contributed by atoms with Crippen LogP contribution in [-0.2, 0) is 0 Å². The van der Waals surface area contributed by atoms with Gasteiger partial charge in [-0.2, -0.15) is 0 Å². The predicted molar refractivity (Wildman–Crippen MR) is 101 cm³/mol. The van der Waals surface area contributed by atoms with E-state index < -0.39 is 0 Å². The predicted octanol–water partition coefficient (Wildman–Crippen LogP) is 4.86. The first-order chi connectivity index (χ1) is 11.2. The number of fused-ring (bicyclic) bond motifs is 1. The third-order valence-electron chi connectivity index (χ3n) is 3.96. The van der Waals surface area contributed by atoms with E-state index in [9.17, 15) is 0 Å². The quantitative estimate of drug-likeness (QED) is 0.624. The van der Waals surface area contributed by atoms with Gasteiger partial charge in [0.2, 0.25) is 0 Å². The smallest absolute Gasteiger partial charge is 0.105 e. The molecule has 0 fully saturated rings. The third-order valence-corrected chi connectivity index (χ3v) is 4.91. The number of pyridine rings is 1. The Morgan fingerprint density at radius 1 is 0.957 bits per heavy atom. The summed E-state index contributed by atoms with van der Waals surface area (Å²) in [7, 11) is 4.22. The molecule has 0 N–H and O–H groups in total. The Bertz CT molecular complexity index is 797. The standard InChI is InChI=1S/C20H22N2S/c1-15-17-11-7-8-12-18(17)21-20(23-14-13-22(2)3)19(15)16-9-5-4-6-10-16/h4-12H,13-14H2,1-3H3. The summed E-state index contributed by atoms with van der Waals surface area (Å²) in [6.45, 7) is 3.26. The van der Waals surface area contributed by atoms with Gasteiger partial charge < -0.3 is 4.90 Å². The van der Waals surface area contributed by atoms with E-state index in [1.54, 1.807) is 0 Å². The molecule has 0 unspecified atom stereocenters. The molecule has 0 atom stereocenters. The average molecular weight is 322 g/mol.